The van der Waals surface area contributed by atoms with Crippen molar-refractivity contribution in [3.63, 3.8) is 0 Å². The number of fused-ring (bicyclic) bond motifs is 1. The summed E-state index contributed by atoms with van der Waals surface area (Å²) in [6, 6.07) is 13.3. The SMILES string of the molecule is CC(C)Cc1nc2ccccc2c(=O)n1-c1ccccc1[N+](=O)[O-]. The van der Waals surface area contributed by atoms with Crippen molar-refractivity contribution in [3.8, 4) is 5.69 Å². The van der Waals surface area contributed by atoms with Crippen LogP contribution in [0.15, 0.2) is 53.3 Å². The minimum Gasteiger partial charge on any atom is -0.268 e. The summed E-state index contributed by atoms with van der Waals surface area (Å²) in [5.74, 6) is 0.787. The lowest BCUT2D eigenvalue weighted by Crippen LogP contribution is -2.25. The van der Waals surface area contributed by atoms with Gasteiger partial charge in [-0.15, -0.1) is 0 Å². The van der Waals surface area contributed by atoms with Crippen LogP contribution in [0.3, 0.4) is 0 Å². The van der Waals surface area contributed by atoms with Crippen LogP contribution in [0.2, 0.25) is 0 Å². The molecule has 0 aliphatic carbocycles. The first-order valence-electron chi connectivity index (χ1n) is 7.73. The topological polar surface area (TPSA) is 78.0 Å². The standard InChI is InChI=1S/C18H17N3O3/c1-12(2)11-17-19-14-8-4-3-7-13(14)18(22)20(17)15-9-5-6-10-16(15)21(23)24/h3-10,12H,11H2,1-2H3. The maximum Gasteiger partial charge on any atom is 0.293 e. The Bertz CT molecular complexity index is 977. The van der Waals surface area contributed by atoms with Crippen molar-refractivity contribution in [2.24, 2.45) is 5.92 Å². The van der Waals surface area contributed by atoms with Gasteiger partial charge < -0.3 is 0 Å². The third-order valence-corrected chi connectivity index (χ3v) is 3.76. The van der Waals surface area contributed by atoms with Gasteiger partial charge >= 0.3 is 0 Å². The Morgan fingerprint density at radius 2 is 1.79 bits per heavy atom. The summed E-state index contributed by atoms with van der Waals surface area (Å²) in [6.07, 6.45) is 0.548. The fourth-order valence-corrected chi connectivity index (χ4v) is 2.74. The third kappa shape index (κ3) is 2.78. The number of nitrogens with zero attached hydrogens (tertiary/aromatic N) is 3. The van der Waals surface area contributed by atoms with Crippen LogP contribution in [-0.4, -0.2) is 14.5 Å². The molecule has 3 aromatic rings. The number of nitro groups is 1. The number of hydrogen-bond donors (Lipinski definition) is 0. The Kier molecular flexibility index (Phi) is 4.12. The normalized spacial score (nSPS) is 11.1. The van der Waals surface area contributed by atoms with E-state index < -0.39 is 4.92 Å². The average molecular weight is 323 g/mol. The monoisotopic (exact) mass is 323 g/mol. The smallest absolute Gasteiger partial charge is 0.268 e. The highest BCUT2D eigenvalue weighted by Gasteiger charge is 2.20. The molecule has 3 rings (SSSR count). The molecular weight excluding hydrogens is 306 g/mol. The zero-order valence-corrected chi connectivity index (χ0v) is 13.5. The molecular formula is C18H17N3O3. The van der Waals surface area contributed by atoms with Crippen molar-refractivity contribution in [2.45, 2.75) is 20.3 Å². The molecule has 0 saturated heterocycles. The second kappa shape index (κ2) is 6.23. The van der Waals surface area contributed by atoms with Crippen LogP contribution in [0, 0.1) is 16.0 Å². The van der Waals surface area contributed by atoms with E-state index in [9.17, 15) is 14.9 Å². The molecule has 0 saturated carbocycles. The van der Waals surface area contributed by atoms with E-state index in [1.165, 1.54) is 10.6 Å². The van der Waals surface area contributed by atoms with Crippen molar-refractivity contribution < 1.29 is 4.92 Å². The van der Waals surface area contributed by atoms with Gasteiger partial charge in [0.25, 0.3) is 11.2 Å². The zero-order valence-electron chi connectivity index (χ0n) is 13.5. The van der Waals surface area contributed by atoms with Gasteiger partial charge in [0.05, 0.1) is 15.8 Å². The summed E-state index contributed by atoms with van der Waals surface area (Å²) in [6.45, 7) is 4.04. The molecule has 6 nitrogen and oxygen atoms in total. The number of benzene rings is 2. The summed E-state index contributed by atoms with van der Waals surface area (Å²) in [5.41, 5.74) is 0.460. The fraction of sp³-hybridized carbons (Fsp3) is 0.222. The van der Waals surface area contributed by atoms with E-state index >= 15 is 0 Å². The Hall–Kier alpha value is -3.02. The Balaban J connectivity index is 2.40. The molecule has 0 aliphatic rings. The lowest BCUT2D eigenvalue weighted by atomic mass is 10.1. The number of rotatable bonds is 4. The molecule has 24 heavy (non-hydrogen) atoms. The first kappa shape index (κ1) is 15.9. The molecule has 0 unspecified atom stereocenters. The van der Waals surface area contributed by atoms with Gasteiger partial charge in [0, 0.05) is 12.5 Å². The summed E-state index contributed by atoms with van der Waals surface area (Å²) in [4.78, 5) is 28.5. The Labute approximate surface area is 138 Å². The van der Waals surface area contributed by atoms with Gasteiger partial charge in [0.15, 0.2) is 0 Å². The highest BCUT2D eigenvalue weighted by Crippen LogP contribution is 2.23. The fourth-order valence-electron chi connectivity index (χ4n) is 2.74. The molecule has 2 aromatic carbocycles. The van der Waals surface area contributed by atoms with Crippen LogP contribution in [0.5, 0.6) is 0 Å². The number of para-hydroxylation sites is 3. The van der Waals surface area contributed by atoms with Crippen LogP contribution in [0.4, 0.5) is 5.69 Å². The van der Waals surface area contributed by atoms with Crippen molar-refractivity contribution in [3.05, 3.63) is 74.8 Å². The summed E-state index contributed by atoms with van der Waals surface area (Å²) < 4.78 is 1.38. The van der Waals surface area contributed by atoms with Crippen molar-refractivity contribution >= 4 is 16.6 Å². The molecule has 0 spiro atoms. The van der Waals surface area contributed by atoms with Crippen LogP contribution in [-0.2, 0) is 6.42 Å². The molecule has 0 atom stereocenters. The van der Waals surface area contributed by atoms with Crippen molar-refractivity contribution in [2.75, 3.05) is 0 Å². The molecule has 1 heterocycles. The average Bonchev–Trinajstić information content (AvgIpc) is 2.54. The minimum absolute atomic E-state index is 0.110. The third-order valence-electron chi connectivity index (χ3n) is 3.76. The van der Waals surface area contributed by atoms with Gasteiger partial charge in [0.2, 0.25) is 0 Å². The van der Waals surface area contributed by atoms with Gasteiger partial charge in [-0.25, -0.2) is 4.98 Å². The summed E-state index contributed by atoms with van der Waals surface area (Å²) in [7, 11) is 0. The molecule has 6 heteroatoms. The van der Waals surface area contributed by atoms with Crippen molar-refractivity contribution in [1.29, 1.82) is 0 Å². The van der Waals surface area contributed by atoms with Gasteiger partial charge in [-0.1, -0.05) is 38.1 Å². The van der Waals surface area contributed by atoms with Crippen LogP contribution in [0.25, 0.3) is 16.6 Å². The molecule has 0 amide bonds. The van der Waals surface area contributed by atoms with Crippen molar-refractivity contribution in [1.82, 2.24) is 9.55 Å². The minimum atomic E-state index is -0.476. The van der Waals surface area contributed by atoms with E-state index in [4.69, 9.17) is 0 Å². The molecule has 0 aliphatic heterocycles. The van der Waals surface area contributed by atoms with Gasteiger partial charge in [-0.05, 0) is 24.1 Å². The van der Waals surface area contributed by atoms with E-state index in [2.05, 4.69) is 4.98 Å². The number of hydrogen-bond acceptors (Lipinski definition) is 4. The molecule has 0 bridgehead atoms. The second-order valence-electron chi connectivity index (χ2n) is 6.03. The number of aromatic nitrogens is 2. The van der Waals surface area contributed by atoms with E-state index in [1.807, 2.05) is 19.9 Å². The lowest BCUT2D eigenvalue weighted by molar-refractivity contribution is -0.384. The maximum absolute atomic E-state index is 13.0. The molecule has 0 fully saturated rings. The predicted octanol–water partition coefficient (Wildman–Crippen LogP) is 3.49. The molecule has 0 N–H and O–H groups in total. The van der Waals surface area contributed by atoms with E-state index in [0.29, 0.717) is 23.1 Å². The van der Waals surface area contributed by atoms with Gasteiger partial charge in [0.1, 0.15) is 11.5 Å². The molecule has 1 aromatic heterocycles. The highest BCUT2D eigenvalue weighted by atomic mass is 16.6. The second-order valence-corrected chi connectivity index (χ2v) is 6.03. The largest absolute Gasteiger partial charge is 0.293 e. The Morgan fingerprint density at radius 1 is 1.12 bits per heavy atom. The van der Waals surface area contributed by atoms with Crippen LogP contribution in [0.1, 0.15) is 19.7 Å². The van der Waals surface area contributed by atoms with Gasteiger partial charge in [-0.3, -0.25) is 19.5 Å². The number of nitro benzene ring substituents is 1. The van der Waals surface area contributed by atoms with Crippen LogP contribution < -0.4 is 5.56 Å². The van der Waals surface area contributed by atoms with E-state index in [0.717, 1.165) is 0 Å². The first-order chi connectivity index (χ1) is 11.5. The predicted molar refractivity (Wildman–Crippen MR) is 92.5 cm³/mol. The lowest BCUT2D eigenvalue weighted by Gasteiger charge is -2.15. The maximum atomic E-state index is 13.0. The first-order valence-corrected chi connectivity index (χ1v) is 7.73. The Morgan fingerprint density at radius 3 is 2.50 bits per heavy atom. The quantitative estimate of drug-likeness (QED) is 0.544. The summed E-state index contributed by atoms with van der Waals surface area (Å²) in [5, 5.41) is 11.8. The van der Waals surface area contributed by atoms with Crippen LogP contribution >= 0.6 is 0 Å². The zero-order chi connectivity index (χ0) is 17.3. The molecule has 0 radical (unpaired) electrons. The van der Waals surface area contributed by atoms with Gasteiger partial charge in [-0.2, -0.15) is 0 Å². The highest BCUT2D eigenvalue weighted by molar-refractivity contribution is 5.78. The van der Waals surface area contributed by atoms with E-state index in [1.54, 1.807) is 36.4 Å². The molecule has 122 valence electrons. The van der Waals surface area contributed by atoms with E-state index in [-0.39, 0.29) is 22.9 Å². The summed E-state index contributed by atoms with van der Waals surface area (Å²) >= 11 is 0.